The predicted molar refractivity (Wildman–Crippen MR) is 251 cm³/mol. The van der Waals surface area contributed by atoms with E-state index in [1.54, 1.807) is 0 Å². The van der Waals surface area contributed by atoms with Gasteiger partial charge in [-0.1, -0.05) is 204 Å². The molecule has 340 valence electrons. The molecule has 6 nitrogen and oxygen atoms in total. The van der Waals surface area contributed by atoms with E-state index in [-0.39, 0.29) is 31.1 Å². The van der Waals surface area contributed by atoms with Crippen LogP contribution in [0, 0.1) is 0 Å². The van der Waals surface area contributed by atoms with Gasteiger partial charge in [0.1, 0.15) is 13.2 Å². The van der Waals surface area contributed by atoms with Gasteiger partial charge in [0.15, 0.2) is 6.10 Å². The number of unbranched alkanes of at least 4 members (excludes halogenated alkanes) is 23. The van der Waals surface area contributed by atoms with E-state index in [4.69, 9.17) is 14.2 Å². The fraction of sp³-hybridized carbons (Fsp3) is 0.755. The van der Waals surface area contributed by atoms with Crippen molar-refractivity contribution in [3.8, 4) is 0 Å². The van der Waals surface area contributed by atoms with Crippen LogP contribution in [0.3, 0.4) is 0 Å². The molecule has 0 radical (unpaired) electrons. The summed E-state index contributed by atoms with van der Waals surface area (Å²) in [7, 11) is 0. The molecular weight excluding hydrogens is 733 g/mol. The second kappa shape index (κ2) is 47.8. The topological polar surface area (TPSA) is 78.9 Å². The highest BCUT2D eigenvalue weighted by atomic mass is 16.6. The smallest absolute Gasteiger partial charge is 0.306 e. The lowest BCUT2D eigenvalue weighted by molar-refractivity contribution is -0.167. The molecule has 0 unspecified atom stereocenters. The Morgan fingerprint density at radius 1 is 0.356 bits per heavy atom. The zero-order chi connectivity index (χ0) is 43.0. The minimum atomic E-state index is -0.783. The van der Waals surface area contributed by atoms with Crippen molar-refractivity contribution in [1.29, 1.82) is 0 Å². The number of carbonyl (C=O) groups is 3. The number of carbonyl (C=O) groups excluding carboxylic acids is 3. The Morgan fingerprint density at radius 2 is 0.678 bits per heavy atom. The first-order valence-electron chi connectivity index (χ1n) is 24.8. The van der Waals surface area contributed by atoms with E-state index >= 15 is 0 Å². The molecule has 1 atom stereocenters. The number of allylic oxidation sites excluding steroid dienone is 10. The van der Waals surface area contributed by atoms with Gasteiger partial charge in [-0.05, 0) is 77.0 Å². The van der Waals surface area contributed by atoms with Crippen LogP contribution in [0.2, 0.25) is 0 Å². The summed E-state index contributed by atoms with van der Waals surface area (Å²) < 4.78 is 16.7. The van der Waals surface area contributed by atoms with Crippen molar-refractivity contribution in [2.24, 2.45) is 0 Å². The second-order valence-electron chi connectivity index (χ2n) is 16.3. The third-order valence-electron chi connectivity index (χ3n) is 10.5. The van der Waals surface area contributed by atoms with Gasteiger partial charge in [-0.15, -0.1) is 0 Å². The van der Waals surface area contributed by atoms with Crippen molar-refractivity contribution in [3.05, 3.63) is 60.8 Å². The third kappa shape index (κ3) is 46.0. The van der Waals surface area contributed by atoms with Crippen LogP contribution in [-0.2, 0) is 28.6 Å². The van der Waals surface area contributed by atoms with Crippen molar-refractivity contribution < 1.29 is 28.6 Å². The molecule has 0 aromatic rings. The maximum Gasteiger partial charge on any atom is 0.306 e. The van der Waals surface area contributed by atoms with Crippen molar-refractivity contribution in [1.82, 2.24) is 0 Å². The summed E-state index contributed by atoms with van der Waals surface area (Å²) in [6.07, 6.45) is 57.7. The molecule has 0 N–H and O–H groups in total. The van der Waals surface area contributed by atoms with E-state index in [0.29, 0.717) is 19.3 Å². The minimum Gasteiger partial charge on any atom is -0.462 e. The number of ether oxygens (including phenoxy) is 3. The van der Waals surface area contributed by atoms with Gasteiger partial charge in [0.2, 0.25) is 0 Å². The molecule has 0 aliphatic carbocycles. The molecule has 0 saturated heterocycles. The molecule has 6 heteroatoms. The molecule has 0 spiro atoms. The zero-order valence-electron chi connectivity index (χ0n) is 38.8. The SMILES string of the molecule is CC/C=C\C/C=C\C/C=C\C/C=C\CCCCCCC(=O)OC[C@H](COC(=O)CCCCCCC/C=C\CCCC)OC(=O)CCCCCCCCCCCCCCC. The standard InChI is InChI=1S/C53H92O6/c1-4-7-10-13-16-19-22-24-25-26-27-29-31-34-37-40-43-46-52(55)58-49-50(48-57-51(54)45-42-39-36-33-30-21-18-15-12-9-6-3)59-53(56)47-44-41-38-35-32-28-23-20-17-14-11-8-5-2/h7,10,15-16,18-19,24-25,27,29,50H,4-6,8-9,11-14,17,20-23,26,28,30-49H2,1-3H3/b10-7-,18-15-,19-16-,25-24-,29-27-/t50-/m0/s1. The van der Waals surface area contributed by atoms with Gasteiger partial charge in [0.05, 0.1) is 0 Å². The van der Waals surface area contributed by atoms with Gasteiger partial charge in [0.25, 0.3) is 0 Å². The fourth-order valence-electron chi connectivity index (χ4n) is 6.77. The Morgan fingerprint density at radius 3 is 1.10 bits per heavy atom. The van der Waals surface area contributed by atoms with Gasteiger partial charge in [-0.25, -0.2) is 0 Å². The fourth-order valence-corrected chi connectivity index (χ4v) is 6.77. The Kier molecular flexibility index (Phi) is 45.4. The number of hydrogen-bond donors (Lipinski definition) is 0. The van der Waals surface area contributed by atoms with Gasteiger partial charge >= 0.3 is 17.9 Å². The Balaban J connectivity index is 4.40. The molecule has 0 aliphatic rings. The molecule has 0 amide bonds. The van der Waals surface area contributed by atoms with E-state index in [1.807, 2.05) is 0 Å². The highest BCUT2D eigenvalue weighted by Gasteiger charge is 2.19. The lowest BCUT2D eigenvalue weighted by Crippen LogP contribution is -2.30. The van der Waals surface area contributed by atoms with Crippen LogP contribution in [0.15, 0.2) is 60.8 Å². The van der Waals surface area contributed by atoms with Gasteiger partial charge < -0.3 is 14.2 Å². The van der Waals surface area contributed by atoms with Gasteiger partial charge in [-0.3, -0.25) is 14.4 Å². The molecule has 0 aromatic heterocycles. The monoisotopic (exact) mass is 825 g/mol. The van der Waals surface area contributed by atoms with Gasteiger partial charge in [0, 0.05) is 19.3 Å². The summed E-state index contributed by atoms with van der Waals surface area (Å²) >= 11 is 0. The first-order chi connectivity index (χ1) is 29.0. The molecule has 0 bridgehead atoms. The first kappa shape index (κ1) is 56.1. The van der Waals surface area contributed by atoms with E-state index in [1.165, 1.54) is 96.3 Å². The molecule has 0 aromatic carbocycles. The van der Waals surface area contributed by atoms with E-state index in [0.717, 1.165) is 103 Å². The summed E-state index contributed by atoms with van der Waals surface area (Å²) in [5.41, 5.74) is 0. The van der Waals surface area contributed by atoms with Crippen LogP contribution in [0.25, 0.3) is 0 Å². The van der Waals surface area contributed by atoms with Crippen LogP contribution in [0.5, 0.6) is 0 Å². The maximum absolute atomic E-state index is 12.8. The Bertz CT molecular complexity index is 1090. The molecule has 59 heavy (non-hydrogen) atoms. The maximum atomic E-state index is 12.8. The predicted octanol–water partition coefficient (Wildman–Crippen LogP) is 16.1. The molecule has 0 rings (SSSR count). The van der Waals surface area contributed by atoms with Crippen LogP contribution >= 0.6 is 0 Å². The lowest BCUT2D eigenvalue weighted by atomic mass is 10.0. The van der Waals surface area contributed by atoms with Gasteiger partial charge in [-0.2, -0.15) is 0 Å². The van der Waals surface area contributed by atoms with E-state index < -0.39 is 6.10 Å². The Hall–Kier alpha value is -2.89. The summed E-state index contributed by atoms with van der Waals surface area (Å²) in [6.45, 7) is 6.46. The lowest BCUT2D eigenvalue weighted by Gasteiger charge is -2.18. The summed E-state index contributed by atoms with van der Waals surface area (Å²) in [6, 6.07) is 0. The molecular formula is C53H92O6. The Labute approximate surface area is 364 Å². The number of esters is 3. The summed E-state index contributed by atoms with van der Waals surface area (Å²) in [5.74, 6) is -0.916. The average molecular weight is 825 g/mol. The molecule has 0 fully saturated rings. The largest absolute Gasteiger partial charge is 0.462 e. The highest BCUT2D eigenvalue weighted by molar-refractivity contribution is 5.71. The van der Waals surface area contributed by atoms with E-state index in [9.17, 15) is 14.4 Å². The minimum absolute atomic E-state index is 0.0852. The van der Waals surface area contributed by atoms with Crippen LogP contribution < -0.4 is 0 Å². The van der Waals surface area contributed by atoms with Crippen molar-refractivity contribution >= 4 is 17.9 Å². The van der Waals surface area contributed by atoms with Crippen LogP contribution in [0.1, 0.15) is 239 Å². The molecule has 0 aliphatic heterocycles. The normalized spacial score (nSPS) is 12.5. The number of hydrogen-bond acceptors (Lipinski definition) is 6. The third-order valence-corrected chi connectivity index (χ3v) is 10.5. The number of rotatable bonds is 44. The molecule has 0 heterocycles. The second-order valence-corrected chi connectivity index (χ2v) is 16.3. The first-order valence-corrected chi connectivity index (χ1v) is 24.8. The highest BCUT2D eigenvalue weighted by Crippen LogP contribution is 2.15. The van der Waals surface area contributed by atoms with Crippen molar-refractivity contribution in [2.45, 2.75) is 245 Å². The summed E-state index contributed by atoms with van der Waals surface area (Å²) in [5, 5.41) is 0. The molecule has 0 saturated carbocycles. The van der Waals surface area contributed by atoms with Crippen molar-refractivity contribution in [2.75, 3.05) is 13.2 Å². The van der Waals surface area contributed by atoms with Crippen LogP contribution in [0.4, 0.5) is 0 Å². The van der Waals surface area contributed by atoms with Crippen LogP contribution in [-0.4, -0.2) is 37.2 Å². The average Bonchev–Trinajstić information content (AvgIpc) is 3.23. The van der Waals surface area contributed by atoms with E-state index in [2.05, 4.69) is 81.5 Å². The zero-order valence-corrected chi connectivity index (χ0v) is 38.8. The summed E-state index contributed by atoms with van der Waals surface area (Å²) in [4.78, 5) is 37.9. The van der Waals surface area contributed by atoms with Crippen molar-refractivity contribution in [3.63, 3.8) is 0 Å². The quantitative estimate of drug-likeness (QED) is 0.0263.